The summed E-state index contributed by atoms with van der Waals surface area (Å²) in [6, 6.07) is 0. The molecule has 0 radical (unpaired) electrons. The molecule has 31 heavy (non-hydrogen) atoms. The Bertz CT molecular complexity index is 477. The van der Waals surface area contributed by atoms with Gasteiger partial charge in [-0.2, -0.15) is 0 Å². The van der Waals surface area contributed by atoms with Gasteiger partial charge >= 0.3 is 25.7 Å². The van der Waals surface area contributed by atoms with Gasteiger partial charge in [0, 0.05) is 42.7 Å². The van der Waals surface area contributed by atoms with Crippen molar-refractivity contribution in [3.63, 3.8) is 0 Å². The first kappa shape index (κ1) is 30.6. The number of hydrogen-bond acceptors (Lipinski definition) is 7. The van der Waals surface area contributed by atoms with E-state index in [-0.39, 0.29) is 17.0 Å². The van der Waals surface area contributed by atoms with E-state index in [0.717, 1.165) is 19.3 Å². The highest BCUT2D eigenvalue weighted by atomic mass is 28.4. The Kier molecular flexibility index (Phi) is 13.8. The fraction of sp³-hybridized carbons (Fsp3) is 0.714. The van der Waals surface area contributed by atoms with Gasteiger partial charge in [0.2, 0.25) is 0 Å². The summed E-state index contributed by atoms with van der Waals surface area (Å²) in [7, 11) is 1.57. The van der Waals surface area contributed by atoms with Gasteiger partial charge in [0.05, 0.1) is 17.0 Å². The summed E-state index contributed by atoms with van der Waals surface area (Å²) in [5.41, 5.74) is 5.26. The summed E-state index contributed by atoms with van der Waals surface area (Å²) in [5, 5.41) is 0. The lowest BCUT2D eigenvalue weighted by atomic mass is 10.3. The molecule has 0 aliphatic heterocycles. The highest BCUT2D eigenvalue weighted by Gasteiger charge is 2.58. The third-order valence-electron chi connectivity index (χ3n) is 6.40. The van der Waals surface area contributed by atoms with Crippen LogP contribution in [0.25, 0.3) is 0 Å². The summed E-state index contributed by atoms with van der Waals surface area (Å²) in [6.45, 7) is 18.7. The molecule has 0 saturated carbocycles. The molecular formula is C21H45NO6Si3. The second kappa shape index (κ2) is 14.0. The predicted molar refractivity (Wildman–Crippen MR) is 134 cm³/mol. The van der Waals surface area contributed by atoms with E-state index in [1.54, 1.807) is 42.7 Å². The van der Waals surface area contributed by atoms with Gasteiger partial charge < -0.3 is 26.6 Å². The maximum Gasteiger partial charge on any atom is 0.381 e. The molecule has 0 aromatic carbocycles. The molecular weight excluding hydrogens is 446 g/mol. The largest absolute Gasteiger partial charge is 0.394 e. The lowest BCUT2D eigenvalue weighted by molar-refractivity contribution is 0.0797. The average Bonchev–Trinajstić information content (AvgIpc) is 2.83. The first-order valence-electron chi connectivity index (χ1n) is 10.8. The molecule has 0 aliphatic carbocycles. The van der Waals surface area contributed by atoms with Crippen molar-refractivity contribution in [2.24, 2.45) is 0 Å². The molecule has 0 rings (SSSR count). The van der Waals surface area contributed by atoms with Gasteiger partial charge in [0.1, 0.15) is 0 Å². The Labute approximate surface area is 193 Å². The lowest BCUT2D eigenvalue weighted by Crippen LogP contribution is -2.74. The Balaban J connectivity index is 7.25. The molecule has 10 heteroatoms. The van der Waals surface area contributed by atoms with E-state index in [0.29, 0.717) is 0 Å². The monoisotopic (exact) mass is 491 g/mol. The zero-order chi connectivity index (χ0) is 24.3. The fourth-order valence-corrected chi connectivity index (χ4v) is 13.2. The van der Waals surface area contributed by atoms with Crippen molar-refractivity contribution in [2.45, 2.75) is 57.0 Å². The van der Waals surface area contributed by atoms with Crippen LogP contribution in [0.15, 0.2) is 36.8 Å². The van der Waals surface area contributed by atoms with Crippen LogP contribution in [-0.2, 0) is 26.6 Å². The van der Waals surface area contributed by atoms with Crippen molar-refractivity contribution >= 4 is 25.7 Å². The molecule has 0 aromatic rings. The maximum atomic E-state index is 6.06. The topological polar surface area (TPSA) is 58.6 Å². The second-order valence-electron chi connectivity index (χ2n) is 7.22. The van der Waals surface area contributed by atoms with Crippen LogP contribution in [-0.4, -0.2) is 90.2 Å². The van der Waals surface area contributed by atoms with E-state index in [9.17, 15) is 0 Å². The average molecular weight is 492 g/mol. The molecule has 0 amide bonds. The van der Waals surface area contributed by atoms with Crippen molar-refractivity contribution in [1.82, 2.24) is 4.90 Å². The molecule has 182 valence electrons. The molecule has 3 atom stereocenters. The van der Waals surface area contributed by atoms with Gasteiger partial charge in [-0.1, -0.05) is 20.8 Å². The number of rotatable bonds is 18. The van der Waals surface area contributed by atoms with Crippen molar-refractivity contribution in [1.29, 1.82) is 0 Å². The third-order valence-corrected chi connectivity index (χ3v) is 16.8. The minimum Gasteiger partial charge on any atom is -0.394 e. The van der Waals surface area contributed by atoms with Gasteiger partial charge in [-0.25, -0.2) is 0 Å². The molecule has 7 nitrogen and oxygen atoms in total. The van der Waals surface area contributed by atoms with Crippen molar-refractivity contribution < 1.29 is 26.6 Å². The number of hydrogen-bond donors (Lipinski definition) is 0. The van der Waals surface area contributed by atoms with Gasteiger partial charge in [0.25, 0.3) is 0 Å². The van der Waals surface area contributed by atoms with Crippen molar-refractivity contribution in [3.05, 3.63) is 36.8 Å². The van der Waals surface area contributed by atoms with Crippen LogP contribution in [0.3, 0.4) is 0 Å². The molecule has 0 spiro atoms. The SMILES string of the molecule is C=C[Si](OC)(OC)C(CC)N(C(CC)[Si](C=C)(OC)OC)C(CC)[Si](C=C)(OC)OC. The molecule has 0 aliphatic rings. The first-order valence-corrected chi connectivity index (χ1v) is 16.7. The summed E-state index contributed by atoms with van der Waals surface area (Å²) < 4.78 is 36.4. The maximum absolute atomic E-state index is 6.06. The molecule has 0 aromatic heterocycles. The van der Waals surface area contributed by atoms with E-state index in [4.69, 9.17) is 26.6 Å². The zero-order valence-electron chi connectivity index (χ0n) is 21.1. The minimum atomic E-state index is -2.86. The third kappa shape index (κ3) is 5.75. The Morgan fingerprint density at radius 2 is 0.742 bits per heavy atom. The van der Waals surface area contributed by atoms with Crippen LogP contribution in [0.1, 0.15) is 40.0 Å². The van der Waals surface area contributed by atoms with Crippen LogP contribution < -0.4 is 0 Å². The smallest absolute Gasteiger partial charge is 0.381 e. The Morgan fingerprint density at radius 1 is 0.548 bits per heavy atom. The quantitative estimate of drug-likeness (QED) is 0.271. The molecule has 0 bridgehead atoms. The van der Waals surface area contributed by atoms with Crippen LogP contribution >= 0.6 is 0 Å². The van der Waals surface area contributed by atoms with Crippen LogP contribution in [0.2, 0.25) is 0 Å². The Morgan fingerprint density at radius 3 is 0.839 bits per heavy atom. The highest BCUT2D eigenvalue weighted by Crippen LogP contribution is 2.35. The van der Waals surface area contributed by atoms with E-state index in [1.807, 2.05) is 17.1 Å². The van der Waals surface area contributed by atoms with Gasteiger partial charge in [0.15, 0.2) is 0 Å². The van der Waals surface area contributed by atoms with Gasteiger partial charge in [-0.15, -0.1) is 19.7 Å². The highest BCUT2D eigenvalue weighted by molar-refractivity contribution is 6.77. The van der Waals surface area contributed by atoms with Crippen molar-refractivity contribution in [3.8, 4) is 0 Å². The first-order chi connectivity index (χ1) is 14.8. The molecule has 0 fully saturated rings. The second-order valence-corrected chi connectivity index (χ2v) is 17.2. The number of nitrogens with zero attached hydrogens (tertiary/aromatic N) is 1. The summed E-state index contributed by atoms with van der Waals surface area (Å²) in [6.07, 6.45) is 2.32. The molecule has 0 saturated heterocycles. The van der Waals surface area contributed by atoms with Crippen molar-refractivity contribution in [2.75, 3.05) is 42.7 Å². The van der Waals surface area contributed by atoms with E-state index in [2.05, 4.69) is 45.4 Å². The van der Waals surface area contributed by atoms with Gasteiger partial charge in [-0.05, 0) is 36.4 Å². The standard InChI is InChI=1S/C21H45NO6Si3/c1-13-19(29(16-4,23-7)24-8)22(20(14-2)30(17-5,25-9)26-10)21(15-3)31(18-6,27-11)28-12/h16-21H,4-6,13-15H2,1-3,7-12H3. The van der Waals surface area contributed by atoms with E-state index >= 15 is 0 Å². The van der Waals surface area contributed by atoms with Gasteiger partial charge in [-0.3, -0.25) is 4.90 Å². The summed E-state index contributed by atoms with van der Waals surface area (Å²) >= 11 is 0. The van der Waals surface area contributed by atoms with E-state index in [1.165, 1.54) is 0 Å². The lowest BCUT2D eigenvalue weighted by Gasteiger charge is -2.52. The fourth-order valence-electron chi connectivity index (χ4n) is 4.74. The summed E-state index contributed by atoms with van der Waals surface area (Å²) in [5.74, 6) is 0. The zero-order valence-corrected chi connectivity index (χ0v) is 24.1. The van der Waals surface area contributed by atoms with Crippen LogP contribution in [0.4, 0.5) is 0 Å². The van der Waals surface area contributed by atoms with Crippen LogP contribution in [0.5, 0.6) is 0 Å². The normalized spacial score (nSPS) is 16.1. The van der Waals surface area contributed by atoms with Crippen LogP contribution in [0, 0.1) is 0 Å². The van der Waals surface area contributed by atoms with E-state index < -0.39 is 25.7 Å². The predicted octanol–water partition coefficient (Wildman–Crippen LogP) is 3.62. The minimum absolute atomic E-state index is 0.0934. The Hall–Kier alpha value is -0.409. The molecule has 0 N–H and O–H groups in total. The summed E-state index contributed by atoms with van der Waals surface area (Å²) in [4.78, 5) is 2.42. The molecule has 3 unspecified atom stereocenters. The molecule has 0 heterocycles.